The summed E-state index contributed by atoms with van der Waals surface area (Å²) in [6.07, 6.45) is 4.93. The van der Waals surface area contributed by atoms with Crippen LogP contribution in [0.4, 0.5) is 4.39 Å². The first-order valence-electron chi connectivity index (χ1n) is 7.68. The highest BCUT2D eigenvalue weighted by Gasteiger charge is 2.17. The number of hydrogen-bond acceptors (Lipinski definition) is 5. The third-order valence-corrected chi connectivity index (χ3v) is 3.61. The standard InChI is InChI=1S/C18H13FN6/c19-14-7-2-1-6-13(14)12-25-18(15-8-3-4-9-20-15)23-17(24-25)16-21-10-5-11-22-16/h1-11H,12H2. The second-order valence-corrected chi connectivity index (χ2v) is 5.30. The molecule has 0 aliphatic heterocycles. The Morgan fingerprint density at radius 3 is 2.32 bits per heavy atom. The molecule has 0 N–H and O–H groups in total. The van der Waals surface area contributed by atoms with Crippen molar-refractivity contribution in [2.75, 3.05) is 0 Å². The van der Waals surface area contributed by atoms with E-state index >= 15 is 0 Å². The molecule has 0 saturated carbocycles. The van der Waals surface area contributed by atoms with Crippen molar-refractivity contribution >= 4 is 0 Å². The van der Waals surface area contributed by atoms with Gasteiger partial charge < -0.3 is 0 Å². The van der Waals surface area contributed by atoms with Crippen molar-refractivity contribution in [3.8, 4) is 23.2 Å². The van der Waals surface area contributed by atoms with E-state index < -0.39 is 0 Å². The van der Waals surface area contributed by atoms with Crippen LogP contribution in [0.3, 0.4) is 0 Å². The Morgan fingerprint density at radius 1 is 0.800 bits per heavy atom. The zero-order chi connectivity index (χ0) is 17.1. The Kier molecular flexibility index (Phi) is 3.96. The summed E-state index contributed by atoms with van der Waals surface area (Å²) in [5, 5.41) is 4.47. The fourth-order valence-electron chi connectivity index (χ4n) is 2.43. The minimum atomic E-state index is -0.289. The van der Waals surface area contributed by atoms with Gasteiger partial charge >= 0.3 is 0 Å². The lowest BCUT2D eigenvalue weighted by molar-refractivity contribution is 0.586. The molecule has 1 aromatic carbocycles. The van der Waals surface area contributed by atoms with Crippen LogP contribution in [0.2, 0.25) is 0 Å². The van der Waals surface area contributed by atoms with Gasteiger partial charge in [-0.3, -0.25) is 4.98 Å². The van der Waals surface area contributed by atoms with Crippen molar-refractivity contribution in [1.29, 1.82) is 0 Å². The Labute approximate surface area is 143 Å². The highest BCUT2D eigenvalue weighted by atomic mass is 19.1. The number of hydrogen-bond donors (Lipinski definition) is 0. The van der Waals surface area contributed by atoms with Crippen LogP contribution in [-0.2, 0) is 6.54 Å². The summed E-state index contributed by atoms with van der Waals surface area (Å²) in [5.41, 5.74) is 1.17. The summed E-state index contributed by atoms with van der Waals surface area (Å²) >= 11 is 0. The molecule has 0 bridgehead atoms. The minimum Gasteiger partial charge on any atom is -0.253 e. The van der Waals surface area contributed by atoms with Gasteiger partial charge in [0.1, 0.15) is 11.5 Å². The molecule has 3 heterocycles. The normalized spacial score (nSPS) is 10.8. The van der Waals surface area contributed by atoms with E-state index in [9.17, 15) is 4.39 Å². The lowest BCUT2D eigenvalue weighted by Gasteiger charge is -2.06. The van der Waals surface area contributed by atoms with E-state index in [4.69, 9.17) is 0 Å². The molecule has 6 nitrogen and oxygen atoms in total. The smallest absolute Gasteiger partial charge is 0.219 e. The number of pyridine rings is 1. The number of benzene rings is 1. The first-order chi connectivity index (χ1) is 12.3. The predicted octanol–water partition coefficient (Wildman–Crippen LogP) is 2.98. The van der Waals surface area contributed by atoms with Crippen LogP contribution in [0.1, 0.15) is 5.56 Å². The summed E-state index contributed by atoms with van der Waals surface area (Å²) in [5.74, 6) is 1.03. The summed E-state index contributed by atoms with van der Waals surface area (Å²) < 4.78 is 15.7. The van der Waals surface area contributed by atoms with E-state index in [1.165, 1.54) is 6.07 Å². The van der Waals surface area contributed by atoms with Crippen LogP contribution in [0, 0.1) is 5.82 Å². The third kappa shape index (κ3) is 3.12. The van der Waals surface area contributed by atoms with E-state index in [0.29, 0.717) is 28.7 Å². The van der Waals surface area contributed by atoms with Crippen molar-refractivity contribution in [2.24, 2.45) is 0 Å². The maximum Gasteiger partial charge on any atom is 0.219 e. The second kappa shape index (κ2) is 6.56. The zero-order valence-corrected chi connectivity index (χ0v) is 13.1. The van der Waals surface area contributed by atoms with Gasteiger partial charge in [-0.1, -0.05) is 24.3 Å². The van der Waals surface area contributed by atoms with Gasteiger partial charge in [-0.15, -0.1) is 5.10 Å². The van der Waals surface area contributed by atoms with Gasteiger partial charge in [0, 0.05) is 24.2 Å². The van der Waals surface area contributed by atoms with Crippen LogP contribution >= 0.6 is 0 Å². The molecule has 0 amide bonds. The van der Waals surface area contributed by atoms with Crippen molar-refractivity contribution in [3.63, 3.8) is 0 Å². The van der Waals surface area contributed by atoms with Gasteiger partial charge in [0.15, 0.2) is 11.6 Å². The molecule has 0 aliphatic carbocycles. The molecular weight excluding hydrogens is 319 g/mol. The predicted molar refractivity (Wildman–Crippen MR) is 89.8 cm³/mol. The van der Waals surface area contributed by atoms with E-state index in [0.717, 1.165) is 0 Å². The van der Waals surface area contributed by atoms with Crippen LogP contribution in [0.5, 0.6) is 0 Å². The largest absolute Gasteiger partial charge is 0.253 e. The number of nitrogens with zero attached hydrogens (tertiary/aromatic N) is 6. The van der Waals surface area contributed by atoms with Gasteiger partial charge in [0.05, 0.1) is 6.54 Å². The first kappa shape index (κ1) is 15.1. The van der Waals surface area contributed by atoms with E-state index in [1.54, 1.807) is 47.5 Å². The quantitative estimate of drug-likeness (QED) is 0.575. The van der Waals surface area contributed by atoms with Gasteiger partial charge in [0.25, 0.3) is 0 Å². The molecule has 0 saturated heterocycles. The zero-order valence-electron chi connectivity index (χ0n) is 13.1. The average Bonchev–Trinajstić information content (AvgIpc) is 3.09. The van der Waals surface area contributed by atoms with Crippen molar-refractivity contribution in [3.05, 3.63) is 78.5 Å². The highest BCUT2D eigenvalue weighted by molar-refractivity contribution is 5.54. The lowest BCUT2D eigenvalue weighted by Crippen LogP contribution is -2.06. The molecule has 122 valence electrons. The topological polar surface area (TPSA) is 69.4 Å². The second-order valence-electron chi connectivity index (χ2n) is 5.30. The van der Waals surface area contributed by atoms with Crippen molar-refractivity contribution in [2.45, 2.75) is 6.54 Å². The molecule has 0 radical (unpaired) electrons. The van der Waals surface area contributed by atoms with Crippen molar-refractivity contribution in [1.82, 2.24) is 29.7 Å². The molecule has 0 spiro atoms. The third-order valence-electron chi connectivity index (χ3n) is 3.61. The number of aromatic nitrogens is 6. The lowest BCUT2D eigenvalue weighted by atomic mass is 10.2. The molecule has 0 fully saturated rings. The fraction of sp³-hybridized carbons (Fsp3) is 0.0556. The molecule has 7 heteroatoms. The van der Waals surface area contributed by atoms with Gasteiger partial charge in [-0.2, -0.15) is 0 Å². The highest BCUT2D eigenvalue weighted by Crippen LogP contribution is 2.20. The van der Waals surface area contributed by atoms with Crippen LogP contribution in [-0.4, -0.2) is 29.7 Å². The van der Waals surface area contributed by atoms with Crippen molar-refractivity contribution < 1.29 is 4.39 Å². The minimum absolute atomic E-state index is 0.235. The SMILES string of the molecule is Fc1ccccc1Cn1nc(-c2ncccn2)nc1-c1ccccn1. The summed E-state index contributed by atoms with van der Waals surface area (Å²) in [7, 11) is 0. The Bertz CT molecular complexity index is 985. The first-order valence-corrected chi connectivity index (χ1v) is 7.68. The monoisotopic (exact) mass is 332 g/mol. The molecule has 0 aliphatic rings. The fourth-order valence-corrected chi connectivity index (χ4v) is 2.43. The van der Waals surface area contributed by atoms with Gasteiger partial charge in [-0.05, 0) is 24.3 Å². The Morgan fingerprint density at radius 2 is 1.56 bits per heavy atom. The number of halogens is 1. The van der Waals surface area contributed by atoms with Gasteiger partial charge in [0.2, 0.25) is 5.82 Å². The molecule has 3 aromatic heterocycles. The number of rotatable bonds is 4. The summed E-state index contributed by atoms with van der Waals surface area (Å²) in [6, 6.07) is 13.8. The molecule has 25 heavy (non-hydrogen) atoms. The van der Waals surface area contributed by atoms with E-state index in [2.05, 4.69) is 25.0 Å². The molecule has 4 rings (SSSR count). The maximum absolute atomic E-state index is 14.0. The molecule has 0 unspecified atom stereocenters. The maximum atomic E-state index is 14.0. The molecule has 0 atom stereocenters. The summed E-state index contributed by atoms with van der Waals surface area (Å²) in [4.78, 5) is 17.2. The van der Waals surface area contributed by atoms with E-state index in [1.807, 2.05) is 18.2 Å². The van der Waals surface area contributed by atoms with Gasteiger partial charge in [-0.25, -0.2) is 24.0 Å². The van der Waals surface area contributed by atoms with Crippen LogP contribution < -0.4 is 0 Å². The van der Waals surface area contributed by atoms with E-state index in [-0.39, 0.29) is 12.4 Å². The Hall–Kier alpha value is -3.48. The average molecular weight is 332 g/mol. The molecular formula is C18H13FN6. The van der Waals surface area contributed by atoms with Crippen LogP contribution in [0.25, 0.3) is 23.2 Å². The molecule has 4 aromatic rings. The Balaban J connectivity index is 1.81. The van der Waals surface area contributed by atoms with Crippen LogP contribution in [0.15, 0.2) is 67.1 Å². The summed E-state index contributed by atoms with van der Waals surface area (Å²) in [6.45, 7) is 0.235.